The fourth-order valence-corrected chi connectivity index (χ4v) is 2.03. The summed E-state index contributed by atoms with van der Waals surface area (Å²) >= 11 is 0. The quantitative estimate of drug-likeness (QED) is 0.765. The monoisotopic (exact) mass is 231 g/mol. The van der Waals surface area contributed by atoms with Crippen molar-refractivity contribution in [3.8, 4) is 6.07 Å². The van der Waals surface area contributed by atoms with Gasteiger partial charge in [0.1, 0.15) is 6.07 Å². The minimum Gasteiger partial charge on any atom is -0.398 e. The summed E-state index contributed by atoms with van der Waals surface area (Å²) in [6, 6.07) is 7.58. The van der Waals surface area contributed by atoms with Gasteiger partial charge in [-0.3, -0.25) is 0 Å². The van der Waals surface area contributed by atoms with Gasteiger partial charge in [0.25, 0.3) is 0 Å². The highest BCUT2D eigenvalue weighted by atomic mass is 16.5. The van der Waals surface area contributed by atoms with E-state index in [0.29, 0.717) is 11.3 Å². The molecule has 1 saturated heterocycles. The molecule has 0 bridgehead atoms. The molecule has 0 saturated carbocycles. The van der Waals surface area contributed by atoms with Gasteiger partial charge in [-0.05, 0) is 38.0 Å². The Morgan fingerprint density at radius 2 is 2.12 bits per heavy atom. The van der Waals surface area contributed by atoms with Crippen LogP contribution in [-0.4, -0.2) is 18.8 Å². The van der Waals surface area contributed by atoms with Crippen LogP contribution in [-0.2, 0) is 4.74 Å². The van der Waals surface area contributed by atoms with Crippen molar-refractivity contribution in [2.75, 3.05) is 24.3 Å². The predicted octanol–water partition coefficient (Wildman–Crippen LogP) is 2.12. The van der Waals surface area contributed by atoms with Gasteiger partial charge in [0, 0.05) is 30.1 Å². The van der Waals surface area contributed by atoms with E-state index in [2.05, 4.69) is 18.3 Å². The average Bonchev–Trinajstić information content (AvgIpc) is 2.32. The van der Waals surface area contributed by atoms with Gasteiger partial charge in [0.2, 0.25) is 0 Å². The van der Waals surface area contributed by atoms with E-state index < -0.39 is 0 Å². The molecule has 17 heavy (non-hydrogen) atoms. The Labute approximate surface area is 101 Å². The lowest BCUT2D eigenvalue weighted by molar-refractivity contribution is 0.0658. The molecule has 0 aliphatic carbocycles. The Morgan fingerprint density at radius 3 is 2.76 bits per heavy atom. The zero-order chi connectivity index (χ0) is 12.3. The van der Waals surface area contributed by atoms with Crippen LogP contribution in [0.3, 0.4) is 0 Å². The number of hydrogen-bond acceptors (Lipinski definition) is 4. The van der Waals surface area contributed by atoms with E-state index in [1.54, 1.807) is 12.1 Å². The maximum Gasteiger partial charge on any atom is 0.101 e. The van der Waals surface area contributed by atoms with Gasteiger partial charge in [-0.25, -0.2) is 0 Å². The van der Waals surface area contributed by atoms with Crippen LogP contribution in [0.2, 0.25) is 0 Å². The number of ether oxygens (including phenoxy) is 1. The van der Waals surface area contributed by atoms with E-state index in [0.717, 1.165) is 31.7 Å². The molecule has 0 atom stereocenters. The molecular formula is C13H17N3O. The number of nitrogens with one attached hydrogen (secondary N) is 1. The van der Waals surface area contributed by atoms with Crippen LogP contribution in [0.5, 0.6) is 0 Å². The number of anilines is 2. The molecule has 90 valence electrons. The summed E-state index contributed by atoms with van der Waals surface area (Å²) < 4.78 is 5.35. The first-order valence-electron chi connectivity index (χ1n) is 5.78. The highest BCUT2D eigenvalue weighted by Gasteiger charge is 2.26. The Kier molecular flexibility index (Phi) is 3.21. The standard InChI is InChI=1S/C13H17N3O/c1-13(4-6-17-7-5-13)16-11-2-3-12(15)10(8-11)9-14/h2-3,8,16H,4-7,15H2,1H3. The molecule has 1 aliphatic rings. The molecule has 0 spiro atoms. The van der Waals surface area contributed by atoms with Crippen molar-refractivity contribution in [3.63, 3.8) is 0 Å². The smallest absolute Gasteiger partial charge is 0.101 e. The van der Waals surface area contributed by atoms with Crippen LogP contribution in [0.1, 0.15) is 25.3 Å². The third kappa shape index (κ3) is 2.69. The Balaban J connectivity index is 2.15. The first kappa shape index (κ1) is 11.7. The van der Waals surface area contributed by atoms with Crippen molar-refractivity contribution >= 4 is 11.4 Å². The molecule has 0 aromatic heterocycles. The van der Waals surface area contributed by atoms with E-state index >= 15 is 0 Å². The highest BCUT2D eigenvalue weighted by Crippen LogP contribution is 2.26. The van der Waals surface area contributed by atoms with E-state index in [1.165, 1.54) is 0 Å². The van der Waals surface area contributed by atoms with Crippen molar-refractivity contribution in [2.45, 2.75) is 25.3 Å². The van der Waals surface area contributed by atoms with Gasteiger partial charge in [0.05, 0.1) is 5.56 Å². The summed E-state index contributed by atoms with van der Waals surface area (Å²) in [6.45, 7) is 3.74. The first-order valence-corrected chi connectivity index (χ1v) is 5.78. The summed E-state index contributed by atoms with van der Waals surface area (Å²) in [4.78, 5) is 0. The molecule has 1 aromatic carbocycles. The third-order valence-corrected chi connectivity index (χ3v) is 3.22. The van der Waals surface area contributed by atoms with Crippen LogP contribution < -0.4 is 11.1 Å². The summed E-state index contributed by atoms with van der Waals surface area (Å²) in [6.07, 6.45) is 1.94. The molecule has 0 radical (unpaired) electrons. The van der Waals surface area contributed by atoms with Gasteiger partial charge in [0.15, 0.2) is 0 Å². The maximum atomic E-state index is 8.94. The topological polar surface area (TPSA) is 71.1 Å². The Hall–Kier alpha value is -1.73. The van der Waals surface area contributed by atoms with E-state index in [1.807, 2.05) is 6.07 Å². The lowest BCUT2D eigenvalue weighted by atomic mass is 9.92. The zero-order valence-electron chi connectivity index (χ0n) is 9.99. The Bertz CT molecular complexity index is 444. The van der Waals surface area contributed by atoms with Gasteiger partial charge in [-0.15, -0.1) is 0 Å². The van der Waals surface area contributed by atoms with E-state index in [-0.39, 0.29) is 5.54 Å². The summed E-state index contributed by atoms with van der Waals surface area (Å²) in [5.41, 5.74) is 7.73. The lowest BCUT2D eigenvalue weighted by Crippen LogP contribution is -2.40. The fourth-order valence-electron chi connectivity index (χ4n) is 2.03. The molecule has 1 aromatic rings. The van der Waals surface area contributed by atoms with E-state index in [9.17, 15) is 0 Å². The second kappa shape index (κ2) is 4.64. The number of hydrogen-bond donors (Lipinski definition) is 2. The van der Waals surface area contributed by atoms with Crippen molar-refractivity contribution < 1.29 is 4.74 Å². The molecule has 0 amide bonds. The van der Waals surface area contributed by atoms with Crippen molar-refractivity contribution in [2.24, 2.45) is 0 Å². The Morgan fingerprint density at radius 1 is 1.41 bits per heavy atom. The van der Waals surface area contributed by atoms with Crippen molar-refractivity contribution in [1.29, 1.82) is 5.26 Å². The minimum absolute atomic E-state index is 0.0427. The fraction of sp³-hybridized carbons (Fsp3) is 0.462. The molecule has 1 heterocycles. The normalized spacial score (nSPS) is 18.4. The first-order chi connectivity index (χ1) is 8.13. The zero-order valence-corrected chi connectivity index (χ0v) is 9.99. The second-order valence-corrected chi connectivity index (χ2v) is 4.71. The van der Waals surface area contributed by atoms with Crippen molar-refractivity contribution in [1.82, 2.24) is 0 Å². The molecule has 3 N–H and O–H groups in total. The summed E-state index contributed by atoms with van der Waals surface area (Å²) in [5.74, 6) is 0. The van der Waals surface area contributed by atoms with E-state index in [4.69, 9.17) is 15.7 Å². The number of nitrogens with two attached hydrogens (primary N) is 1. The number of rotatable bonds is 2. The van der Waals surface area contributed by atoms with Crippen LogP contribution >= 0.6 is 0 Å². The maximum absolute atomic E-state index is 8.94. The van der Waals surface area contributed by atoms with Crippen LogP contribution in [0.15, 0.2) is 18.2 Å². The van der Waals surface area contributed by atoms with Gasteiger partial charge >= 0.3 is 0 Å². The summed E-state index contributed by atoms with van der Waals surface area (Å²) in [7, 11) is 0. The average molecular weight is 231 g/mol. The van der Waals surface area contributed by atoms with Crippen LogP contribution in [0.25, 0.3) is 0 Å². The van der Waals surface area contributed by atoms with Crippen LogP contribution in [0, 0.1) is 11.3 Å². The van der Waals surface area contributed by atoms with Gasteiger partial charge in [-0.2, -0.15) is 5.26 Å². The SMILES string of the molecule is CC1(Nc2ccc(N)c(C#N)c2)CCOCC1. The highest BCUT2D eigenvalue weighted by molar-refractivity contribution is 5.62. The lowest BCUT2D eigenvalue weighted by Gasteiger charge is -2.35. The molecule has 2 rings (SSSR count). The molecule has 4 nitrogen and oxygen atoms in total. The van der Waals surface area contributed by atoms with Crippen molar-refractivity contribution in [3.05, 3.63) is 23.8 Å². The molecular weight excluding hydrogens is 214 g/mol. The largest absolute Gasteiger partial charge is 0.398 e. The number of nitrogen functional groups attached to an aromatic ring is 1. The third-order valence-electron chi connectivity index (χ3n) is 3.22. The predicted molar refractivity (Wildman–Crippen MR) is 67.7 cm³/mol. The molecule has 1 aliphatic heterocycles. The molecule has 0 unspecified atom stereocenters. The number of benzene rings is 1. The second-order valence-electron chi connectivity index (χ2n) is 4.71. The summed E-state index contributed by atoms with van der Waals surface area (Å²) in [5, 5.41) is 12.4. The minimum atomic E-state index is 0.0427. The van der Waals surface area contributed by atoms with Crippen LogP contribution in [0.4, 0.5) is 11.4 Å². The van der Waals surface area contributed by atoms with Gasteiger partial charge in [-0.1, -0.05) is 0 Å². The molecule has 1 fully saturated rings. The molecule has 4 heteroatoms. The number of nitrogens with zero attached hydrogens (tertiary/aromatic N) is 1. The number of nitriles is 1. The van der Waals surface area contributed by atoms with Gasteiger partial charge < -0.3 is 15.8 Å².